The molecule has 2 saturated heterocycles. The fraction of sp³-hybridized carbons (Fsp3) is 0.471. The molecule has 3 heterocycles. The molecular formula is C17H21N3O. The predicted octanol–water partition coefficient (Wildman–Crippen LogP) is 2.53. The summed E-state index contributed by atoms with van der Waals surface area (Å²) in [4.78, 5) is 7.13. The van der Waals surface area contributed by atoms with Crippen molar-refractivity contribution in [2.75, 3.05) is 19.6 Å². The third kappa shape index (κ3) is 2.74. The van der Waals surface area contributed by atoms with Gasteiger partial charge in [-0.1, -0.05) is 18.2 Å². The Kier molecular flexibility index (Phi) is 3.49. The molecule has 4 rings (SSSR count). The highest BCUT2D eigenvalue weighted by molar-refractivity contribution is 5.52. The van der Waals surface area contributed by atoms with E-state index in [0.29, 0.717) is 6.04 Å². The summed E-state index contributed by atoms with van der Waals surface area (Å²) in [7, 11) is 0. The summed E-state index contributed by atoms with van der Waals surface area (Å²) in [5.41, 5.74) is 2.08. The number of nitrogens with zero attached hydrogens (tertiary/aromatic N) is 2. The van der Waals surface area contributed by atoms with Crippen LogP contribution in [-0.4, -0.2) is 35.6 Å². The molecule has 4 nitrogen and oxygen atoms in total. The maximum absolute atomic E-state index is 5.63. The molecule has 0 amide bonds. The molecule has 2 unspecified atom stereocenters. The Morgan fingerprint density at radius 2 is 2.14 bits per heavy atom. The van der Waals surface area contributed by atoms with Crippen LogP contribution >= 0.6 is 0 Å². The van der Waals surface area contributed by atoms with Crippen molar-refractivity contribution in [1.82, 2.24) is 15.2 Å². The normalized spacial score (nSPS) is 25.9. The molecule has 2 aliphatic rings. The summed E-state index contributed by atoms with van der Waals surface area (Å²) < 4.78 is 5.63. The molecule has 1 aromatic heterocycles. The van der Waals surface area contributed by atoms with Crippen molar-refractivity contribution >= 4 is 0 Å². The fourth-order valence-electron chi connectivity index (χ4n) is 3.59. The summed E-state index contributed by atoms with van der Waals surface area (Å²) in [6.45, 7) is 4.39. The first kappa shape index (κ1) is 13.0. The van der Waals surface area contributed by atoms with E-state index in [1.165, 1.54) is 25.9 Å². The van der Waals surface area contributed by atoms with Crippen molar-refractivity contribution in [3.8, 4) is 11.5 Å². The molecule has 1 aromatic carbocycles. The van der Waals surface area contributed by atoms with Crippen LogP contribution in [0.25, 0.3) is 11.5 Å². The molecule has 2 aliphatic heterocycles. The molecule has 21 heavy (non-hydrogen) atoms. The van der Waals surface area contributed by atoms with Gasteiger partial charge in [-0.05, 0) is 37.4 Å². The standard InChI is InChI=1S/C17H21N3O/c1-2-5-13(6-3-1)17-19-15(12-21-17)10-20-9-14-7-4-8-18-16(14)11-20/h1-3,5-6,12,14,16,18H,4,7-11H2. The van der Waals surface area contributed by atoms with Gasteiger partial charge in [-0.3, -0.25) is 4.90 Å². The molecule has 2 atom stereocenters. The van der Waals surface area contributed by atoms with E-state index in [2.05, 4.69) is 15.2 Å². The van der Waals surface area contributed by atoms with E-state index in [9.17, 15) is 0 Å². The molecule has 0 saturated carbocycles. The van der Waals surface area contributed by atoms with Gasteiger partial charge in [-0.2, -0.15) is 0 Å². The average molecular weight is 283 g/mol. The van der Waals surface area contributed by atoms with Crippen LogP contribution in [0.2, 0.25) is 0 Å². The molecule has 4 heteroatoms. The molecular weight excluding hydrogens is 262 g/mol. The van der Waals surface area contributed by atoms with Crippen LogP contribution < -0.4 is 5.32 Å². The molecule has 2 aromatic rings. The smallest absolute Gasteiger partial charge is 0.226 e. The number of rotatable bonds is 3. The highest BCUT2D eigenvalue weighted by Gasteiger charge is 2.34. The van der Waals surface area contributed by atoms with E-state index in [1.807, 2.05) is 30.3 Å². The van der Waals surface area contributed by atoms with Crippen molar-refractivity contribution in [3.05, 3.63) is 42.3 Å². The predicted molar refractivity (Wildman–Crippen MR) is 81.7 cm³/mol. The number of likely N-dealkylation sites (tertiary alicyclic amines) is 1. The molecule has 0 spiro atoms. The van der Waals surface area contributed by atoms with Gasteiger partial charge in [0.2, 0.25) is 5.89 Å². The summed E-state index contributed by atoms with van der Waals surface area (Å²) in [6.07, 6.45) is 4.48. The minimum atomic E-state index is 0.680. The van der Waals surface area contributed by atoms with Gasteiger partial charge in [0.15, 0.2) is 0 Å². The number of hydrogen-bond acceptors (Lipinski definition) is 4. The number of nitrogens with one attached hydrogen (secondary N) is 1. The quantitative estimate of drug-likeness (QED) is 0.940. The SMILES string of the molecule is c1ccc(-c2nc(CN3CC4CCCNC4C3)co2)cc1. The second kappa shape index (κ2) is 5.62. The zero-order valence-corrected chi connectivity index (χ0v) is 12.2. The Bertz CT molecular complexity index is 581. The largest absolute Gasteiger partial charge is 0.444 e. The van der Waals surface area contributed by atoms with E-state index >= 15 is 0 Å². The average Bonchev–Trinajstić information content (AvgIpc) is 3.14. The van der Waals surface area contributed by atoms with Gasteiger partial charge in [-0.25, -0.2) is 4.98 Å². The third-order valence-corrected chi connectivity index (χ3v) is 4.63. The first-order valence-electron chi connectivity index (χ1n) is 7.84. The number of fused-ring (bicyclic) bond motifs is 1. The number of oxazole rings is 1. The zero-order chi connectivity index (χ0) is 14.1. The van der Waals surface area contributed by atoms with Crippen LogP contribution in [0.15, 0.2) is 41.0 Å². The first-order chi connectivity index (χ1) is 10.4. The van der Waals surface area contributed by atoms with Crippen molar-refractivity contribution in [1.29, 1.82) is 0 Å². The van der Waals surface area contributed by atoms with Gasteiger partial charge in [0, 0.05) is 31.2 Å². The van der Waals surface area contributed by atoms with Crippen molar-refractivity contribution in [2.24, 2.45) is 5.92 Å². The van der Waals surface area contributed by atoms with Gasteiger partial charge >= 0.3 is 0 Å². The zero-order valence-electron chi connectivity index (χ0n) is 12.2. The van der Waals surface area contributed by atoms with E-state index in [1.54, 1.807) is 6.26 Å². The number of piperidine rings is 1. The Morgan fingerprint density at radius 3 is 3.00 bits per heavy atom. The first-order valence-corrected chi connectivity index (χ1v) is 7.84. The van der Waals surface area contributed by atoms with E-state index in [-0.39, 0.29) is 0 Å². The monoisotopic (exact) mass is 283 g/mol. The van der Waals surface area contributed by atoms with Crippen LogP contribution in [0.3, 0.4) is 0 Å². The van der Waals surface area contributed by atoms with E-state index in [0.717, 1.165) is 36.2 Å². The van der Waals surface area contributed by atoms with Gasteiger partial charge < -0.3 is 9.73 Å². The molecule has 110 valence electrons. The van der Waals surface area contributed by atoms with E-state index < -0.39 is 0 Å². The number of hydrogen-bond donors (Lipinski definition) is 1. The molecule has 0 radical (unpaired) electrons. The Hall–Kier alpha value is -1.65. The van der Waals surface area contributed by atoms with Crippen molar-refractivity contribution in [2.45, 2.75) is 25.4 Å². The topological polar surface area (TPSA) is 41.3 Å². The van der Waals surface area contributed by atoms with Crippen molar-refractivity contribution < 1.29 is 4.42 Å². The Labute approximate surface area is 125 Å². The summed E-state index contributed by atoms with van der Waals surface area (Å²) in [5, 5.41) is 3.64. The van der Waals surface area contributed by atoms with Gasteiger partial charge in [-0.15, -0.1) is 0 Å². The molecule has 1 N–H and O–H groups in total. The lowest BCUT2D eigenvalue weighted by Gasteiger charge is -2.24. The highest BCUT2D eigenvalue weighted by atomic mass is 16.3. The van der Waals surface area contributed by atoms with Crippen LogP contribution in [0.4, 0.5) is 0 Å². The lowest BCUT2D eigenvalue weighted by Crippen LogP contribution is -2.40. The fourth-order valence-corrected chi connectivity index (χ4v) is 3.59. The molecule has 2 fully saturated rings. The minimum absolute atomic E-state index is 0.680. The van der Waals surface area contributed by atoms with Crippen LogP contribution in [0, 0.1) is 5.92 Å². The number of aromatic nitrogens is 1. The van der Waals surface area contributed by atoms with E-state index in [4.69, 9.17) is 4.42 Å². The second-order valence-electron chi connectivity index (χ2n) is 6.17. The maximum atomic E-state index is 5.63. The van der Waals surface area contributed by atoms with Gasteiger partial charge in [0.25, 0.3) is 0 Å². The van der Waals surface area contributed by atoms with Crippen LogP contribution in [0.5, 0.6) is 0 Å². The highest BCUT2D eigenvalue weighted by Crippen LogP contribution is 2.26. The summed E-state index contributed by atoms with van der Waals surface area (Å²) >= 11 is 0. The van der Waals surface area contributed by atoms with Gasteiger partial charge in [0.1, 0.15) is 6.26 Å². The van der Waals surface area contributed by atoms with Crippen LogP contribution in [0.1, 0.15) is 18.5 Å². The lowest BCUT2D eigenvalue weighted by atomic mass is 9.94. The molecule has 0 aliphatic carbocycles. The number of benzene rings is 1. The molecule has 0 bridgehead atoms. The maximum Gasteiger partial charge on any atom is 0.226 e. The van der Waals surface area contributed by atoms with Crippen molar-refractivity contribution in [3.63, 3.8) is 0 Å². The lowest BCUT2D eigenvalue weighted by molar-refractivity contribution is 0.309. The van der Waals surface area contributed by atoms with Gasteiger partial charge in [0.05, 0.1) is 5.69 Å². The summed E-state index contributed by atoms with van der Waals surface area (Å²) in [6, 6.07) is 10.8. The minimum Gasteiger partial charge on any atom is -0.444 e. The Morgan fingerprint density at radius 1 is 1.24 bits per heavy atom. The third-order valence-electron chi connectivity index (χ3n) is 4.63. The second-order valence-corrected chi connectivity index (χ2v) is 6.17. The van der Waals surface area contributed by atoms with Crippen LogP contribution in [-0.2, 0) is 6.54 Å². The summed E-state index contributed by atoms with van der Waals surface area (Å²) in [5.74, 6) is 1.54. The Balaban J connectivity index is 1.43.